The summed E-state index contributed by atoms with van der Waals surface area (Å²) >= 11 is 0. The van der Waals surface area contributed by atoms with Gasteiger partial charge >= 0.3 is 0 Å². The van der Waals surface area contributed by atoms with Crippen LogP contribution in [-0.2, 0) is 0 Å². The van der Waals surface area contributed by atoms with Crippen LogP contribution in [0.3, 0.4) is 0 Å². The Labute approximate surface area is 129 Å². The third-order valence-electron chi connectivity index (χ3n) is 3.73. The van der Waals surface area contributed by atoms with Gasteiger partial charge in [-0.3, -0.25) is 9.59 Å². The van der Waals surface area contributed by atoms with E-state index in [0.717, 1.165) is 5.56 Å². The highest BCUT2D eigenvalue weighted by atomic mass is 16.2. The van der Waals surface area contributed by atoms with E-state index < -0.39 is 0 Å². The summed E-state index contributed by atoms with van der Waals surface area (Å²) in [5.74, 6) is -0.300. The fourth-order valence-corrected chi connectivity index (χ4v) is 2.61. The van der Waals surface area contributed by atoms with Gasteiger partial charge in [-0.2, -0.15) is 0 Å². The maximum atomic E-state index is 12.3. The molecule has 0 fully saturated rings. The number of amides is 1. The van der Waals surface area contributed by atoms with E-state index in [1.54, 1.807) is 13.8 Å². The van der Waals surface area contributed by atoms with E-state index in [2.05, 4.69) is 10.3 Å². The second-order valence-electron chi connectivity index (χ2n) is 5.41. The molecule has 0 radical (unpaired) electrons. The number of aromatic nitrogens is 1. The topological polar surface area (TPSA) is 88.0 Å². The number of benzene rings is 1. The third-order valence-corrected chi connectivity index (χ3v) is 3.73. The van der Waals surface area contributed by atoms with Gasteiger partial charge in [-0.05, 0) is 31.9 Å². The van der Waals surface area contributed by atoms with Crippen LogP contribution in [0.2, 0.25) is 0 Å². The molecule has 5 nitrogen and oxygen atoms in total. The molecule has 1 amide bonds. The van der Waals surface area contributed by atoms with E-state index >= 15 is 0 Å². The summed E-state index contributed by atoms with van der Waals surface area (Å²) in [5, 5.41) is 2.81. The maximum absolute atomic E-state index is 12.3. The minimum atomic E-state index is -0.270. The smallest absolute Gasteiger partial charge is 0.268 e. The summed E-state index contributed by atoms with van der Waals surface area (Å²) in [4.78, 5) is 26.9. The van der Waals surface area contributed by atoms with Crippen molar-refractivity contribution >= 4 is 11.7 Å². The molecule has 0 spiro atoms. The van der Waals surface area contributed by atoms with Gasteiger partial charge in [0, 0.05) is 23.8 Å². The molecule has 1 unspecified atom stereocenters. The van der Waals surface area contributed by atoms with Gasteiger partial charge in [0.15, 0.2) is 5.78 Å². The molecule has 0 saturated heterocycles. The van der Waals surface area contributed by atoms with Gasteiger partial charge < -0.3 is 16.0 Å². The van der Waals surface area contributed by atoms with Gasteiger partial charge in [0.1, 0.15) is 5.69 Å². The minimum Gasteiger partial charge on any atom is -0.354 e. The Kier molecular flexibility index (Phi) is 4.78. The predicted molar refractivity (Wildman–Crippen MR) is 86.0 cm³/mol. The first kappa shape index (κ1) is 16.0. The minimum absolute atomic E-state index is 0.0497. The van der Waals surface area contributed by atoms with Crippen molar-refractivity contribution in [3.05, 3.63) is 58.4 Å². The quantitative estimate of drug-likeness (QED) is 0.740. The molecule has 1 heterocycles. The van der Waals surface area contributed by atoms with Crippen LogP contribution in [0.25, 0.3) is 0 Å². The average molecular weight is 299 g/mol. The molecule has 1 aromatic heterocycles. The second-order valence-corrected chi connectivity index (χ2v) is 5.41. The molecule has 0 aliphatic heterocycles. The molecule has 0 aliphatic rings. The number of hydrogen-bond donors (Lipinski definition) is 3. The number of nitrogens with one attached hydrogen (secondary N) is 2. The summed E-state index contributed by atoms with van der Waals surface area (Å²) in [5.41, 5.74) is 9.42. The van der Waals surface area contributed by atoms with Crippen molar-refractivity contribution in [3.8, 4) is 0 Å². The van der Waals surface area contributed by atoms with Crippen molar-refractivity contribution in [1.82, 2.24) is 10.3 Å². The van der Waals surface area contributed by atoms with E-state index in [4.69, 9.17) is 5.73 Å². The van der Waals surface area contributed by atoms with Crippen LogP contribution < -0.4 is 11.1 Å². The fraction of sp³-hybridized carbons (Fsp3) is 0.294. The fourth-order valence-electron chi connectivity index (χ4n) is 2.61. The number of aryl methyl sites for hydroxylation is 1. The summed E-state index contributed by atoms with van der Waals surface area (Å²) in [6.07, 6.45) is 0. The largest absolute Gasteiger partial charge is 0.354 e. The van der Waals surface area contributed by atoms with Crippen molar-refractivity contribution in [2.75, 3.05) is 6.54 Å². The third kappa shape index (κ3) is 3.26. The predicted octanol–water partition coefficient (Wildman–Crippen LogP) is 2.26. The van der Waals surface area contributed by atoms with Crippen LogP contribution in [0.4, 0.5) is 0 Å². The molecule has 0 aliphatic carbocycles. The molecule has 1 aromatic carbocycles. The average Bonchev–Trinajstić information content (AvgIpc) is 2.80. The van der Waals surface area contributed by atoms with Crippen LogP contribution in [-0.4, -0.2) is 23.2 Å². The highest BCUT2D eigenvalue weighted by Crippen LogP contribution is 2.18. The second kappa shape index (κ2) is 6.58. The first-order valence-electron chi connectivity index (χ1n) is 7.20. The van der Waals surface area contributed by atoms with E-state index in [0.29, 0.717) is 29.1 Å². The number of carbonyl (C=O) groups excluding carboxylic acids is 2. The molecule has 4 N–H and O–H groups in total. The van der Waals surface area contributed by atoms with E-state index in [9.17, 15) is 9.59 Å². The number of ketones is 1. The maximum Gasteiger partial charge on any atom is 0.268 e. The Balaban J connectivity index is 2.07. The number of rotatable bonds is 5. The molecule has 1 atom stereocenters. The zero-order valence-corrected chi connectivity index (χ0v) is 13.1. The van der Waals surface area contributed by atoms with Gasteiger partial charge in [-0.1, -0.05) is 30.3 Å². The van der Waals surface area contributed by atoms with E-state index in [1.165, 1.54) is 6.92 Å². The monoisotopic (exact) mass is 299 g/mol. The summed E-state index contributed by atoms with van der Waals surface area (Å²) in [7, 11) is 0. The first-order chi connectivity index (χ1) is 10.4. The Hall–Kier alpha value is -2.40. The zero-order chi connectivity index (χ0) is 16.3. The van der Waals surface area contributed by atoms with Gasteiger partial charge in [-0.15, -0.1) is 0 Å². The Morgan fingerprint density at radius 2 is 1.86 bits per heavy atom. The number of H-pyrrole nitrogens is 1. The number of hydrogen-bond acceptors (Lipinski definition) is 3. The standard InChI is InChI=1S/C17H21N3O2/c1-10-15(12(3)21)11(2)20-16(10)17(22)19-9-14(18)13-7-5-4-6-8-13/h4-8,14,20H,9,18H2,1-3H3,(H,19,22). The van der Waals surface area contributed by atoms with Crippen LogP contribution >= 0.6 is 0 Å². The molecule has 2 rings (SSSR count). The normalized spacial score (nSPS) is 12.0. The van der Waals surface area contributed by atoms with Crippen molar-refractivity contribution in [3.63, 3.8) is 0 Å². The molecule has 22 heavy (non-hydrogen) atoms. The van der Waals surface area contributed by atoms with Gasteiger partial charge in [0.05, 0.1) is 0 Å². The number of nitrogens with two attached hydrogens (primary N) is 1. The van der Waals surface area contributed by atoms with Crippen LogP contribution in [0, 0.1) is 13.8 Å². The van der Waals surface area contributed by atoms with Crippen LogP contribution in [0.15, 0.2) is 30.3 Å². The number of aromatic amines is 1. The lowest BCUT2D eigenvalue weighted by Crippen LogP contribution is -2.32. The van der Waals surface area contributed by atoms with Crippen LogP contribution in [0.1, 0.15) is 50.6 Å². The summed E-state index contributed by atoms with van der Waals surface area (Å²) < 4.78 is 0. The van der Waals surface area contributed by atoms with Crippen molar-refractivity contribution in [2.45, 2.75) is 26.8 Å². The van der Waals surface area contributed by atoms with E-state index in [-0.39, 0.29) is 17.7 Å². The highest BCUT2D eigenvalue weighted by Gasteiger charge is 2.20. The zero-order valence-electron chi connectivity index (χ0n) is 13.1. The highest BCUT2D eigenvalue weighted by molar-refractivity contribution is 6.02. The summed E-state index contributed by atoms with van der Waals surface area (Å²) in [6, 6.07) is 9.32. The number of carbonyl (C=O) groups is 2. The van der Waals surface area contributed by atoms with Gasteiger partial charge in [0.2, 0.25) is 0 Å². The van der Waals surface area contributed by atoms with Crippen LogP contribution in [0.5, 0.6) is 0 Å². The van der Waals surface area contributed by atoms with Crippen molar-refractivity contribution < 1.29 is 9.59 Å². The lowest BCUT2D eigenvalue weighted by atomic mass is 10.1. The number of Topliss-reactive ketones (excluding diaryl/α,β-unsaturated/α-hetero) is 1. The Morgan fingerprint density at radius 1 is 1.23 bits per heavy atom. The van der Waals surface area contributed by atoms with E-state index in [1.807, 2.05) is 30.3 Å². The molecular formula is C17H21N3O2. The lowest BCUT2D eigenvalue weighted by molar-refractivity contribution is 0.0946. The SMILES string of the molecule is CC(=O)c1c(C)[nH]c(C(=O)NCC(N)c2ccccc2)c1C. The van der Waals surface area contributed by atoms with Crippen molar-refractivity contribution in [2.24, 2.45) is 5.73 Å². The van der Waals surface area contributed by atoms with Gasteiger partial charge in [0.25, 0.3) is 5.91 Å². The molecular weight excluding hydrogens is 278 g/mol. The Morgan fingerprint density at radius 3 is 2.41 bits per heavy atom. The molecule has 0 saturated carbocycles. The van der Waals surface area contributed by atoms with Crippen molar-refractivity contribution in [1.29, 1.82) is 0 Å². The van der Waals surface area contributed by atoms with Gasteiger partial charge in [-0.25, -0.2) is 0 Å². The lowest BCUT2D eigenvalue weighted by Gasteiger charge is -2.13. The first-order valence-corrected chi connectivity index (χ1v) is 7.20. The molecule has 116 valence electrons. The molecule has 5 heteroatoms. The Bertz CT molecular complexity index is 689. The molecule has 2 aromatic rings. The molecule has 0 bridgehead atoms. The summed E-state index contributed by atoms with van der Waals surface area (Å²) in [6.45, 7) is 5.38.